The van der Waals surface area contributed by atoms with E-state index in [0.717, 1.165) is 23.3 Å². The molecule has 32 heavy (non-hydrogen) atoms. The van der Waals surface area contributed by atoms with Crippen molar-refractivity contribution in [3.63, 3.8) is 0 Å². The Morgan fingerprint density at radius 2 is 1.75 bits per heavy atom. The minimum absolute atomic E-state index is 0.0390. The van der Waals surface area contributed by atoms with Gasteiger partial charge in [0.15, 0.2) is 0 Å². The summed E-state index contributed by atoms with van der Waals surface area (Å²) in [6.07, 6.45) is 2.02. The fourth-order valence-corrected chi connectivity index (χ4v) is 6.01. The highest BCUT2D eigenvalue weighted by Crippen LogP contribution is 2.52. The molecular formula is C26H32N2O3S. The fourth-order valence-electron chi connectivity index (χ4n) is 5.18. The number of carbonyl (C=O) groups is 2. The number of nitrogens with zero attached hydrogens (tertiary/aromatic N) is 1. The predicted molar refractivity (Wildman–Crippen MR) is 128 cm³/mol. The van der Waals surface area contributed by atoms with Crippen LogP contribution >= 0.6 is 11.8 Å². The average molecular weight is 453 g/mol. The Bertz CT molecular complexity index is 941. The molecule has 1 aliphatic heterocycles. The maximum absolute atomic E-state index is 12.9. The summed E-state index contributed by atoms with van der Waals surface area (Å²) in [6.45, 7) is 5.89. The Kier molecular flexibility index (Phi) is 7.21. The minimum atomic E-state index is -0.179. The van der Waals surface area contributed by atoms with E-state index in [1.54, 1.807) is 11.8 Å². The Morgan fingerprint density at radius 1 is 1.06 bits per heavy atom. The van der Waals surface area contributed by atoms with E-state index in [1.807, 2.05) is 55.1 Å². The molecule has 1 N–H and O–H groups in total. The number of amides is 2. The van der Waals surface area contributed by atoms with Crippen LogP contribution in [0.5, 0.6) is 0 Å². The van der Waals surface area contributed by atoms with Crippen LogP contribution in [0.25, 0.3) is 0 Å². The van der Waals surface area contributed by atoms with Crippen LogP contribution < -0.4 is 5.32 Å². The highest BCUT2D eigenvalue weighted by Gasteiger charge is 2.54. The second-order valence-corrected chi connectivity index (χ2v) is 9.55. The highest BCUT2D eigenvalue weighted by atomic mass is 32.2. The van der Waals surface area contributed by atoms with Crippen LogP contribution in [0.3, 0.4) is 0 Å². The first kappa shape index (κ1) is 22.9. The van der Waals surface area contributed by atoms with Gasteiger partial charge in [-0.2, -0.15) is 0 Å². The van der Waals surface area contributed by atoms with Gasteiger partial charge in [-0.15, -0.1) is 11.8 Å². The van der Waals surface area contributed by atoms with Crippen molar-refractivity contribution in [2.75, 3.05) is 25.4 Å². The number of rotatable bonds is 7. The van der Waals surface area contributed by atoms with Crippen molar-refractivity contribution in [1.82, 2.24) is 10.2 Å². The van der Waals surface area contributed by atoms with E-state index in [0.29, 0.717) is 31.9 Å². The molecule has 2 atom stereocenters. The largest absolute Gasteiger partial charge is 0.375 e. The zero-order valence-electron chi connectivity index (χ0n) is 18.9. The summed E-state index contributed by atoms with van der Waals surface area (Å²) in [5, 5.41) is 3.22. The first-order valence-corrected chi connectivity index (χ1v) is 12.5. The zero-order chi connectivity index (χ0) is 22.6. The molecule has 2 aromatic rings. The van der Waals surface area contributed by atoms with E-state index >= 15 is 0 Å². The highest BCUT2D eigenvalue weighted by molar-refractivity contribution is 8.00. The molecule has 1 aliphatic carbocycles. The Morgan fingerprint density at radius 3 is 2.44 bits per heavy atom. The van der Waals surface area contributed by atoms with Gasteiger partial charge in [-0.25, -0.2) is 0 Å². The summed E-state index contributed by atoms with van der Waals surface area (Å²) in [5.74, 6) is 0.679. The molecule has 170 valence electrons. The van der Waals surface area contributed by atoms with E-state index in [4.69, 9.17) is 4.74 Å². The number of fused-ring (bicyclic) bond motifs is 2. The maximum atomic E-state index is 12.9. The molecule has 1 spiro atoms. The number of benzene rings is 2. The van der Waals surface area contributed by atoms with Crippen LogP contribution in [-0.4, -0.2) is 48.3 Å². The number of hydrogen-bond acceptors (Lipinski definition) is 4. The second-order valence-electron chi connectivity index (χ2n) is 8.50. The number of hydrogen-bond donors (Lipinski definition) is 1. The monoisotopic (exact) mass is 452 g/mol. The lowest BCUT2D eigenvalue weighted by molar-refractivity contribution is -0.131. The fraction of sp³-hybridized carbons (Fsp3) is 0.462. The summed E-state index contributed by atoms with van der Waals surface area (Å²) < 4.78 is 6.32. The molecule has 4 rings (SSSR count). The third kappa shape index (κ3) is 4.44. The molecular weight excluding hydrogens is 420 g/mol. The predicted octanol–water partition coefficient (Wildman–Crippen LogP) is 4.33. The molecule has 1 saturated heterocycles. The summed E-state index contributed by atoms with van der Waals surface area (Å²) in [7, 11) is 0. The molecule has 0 bridgehead atoms. The van der Waals surface area contributed by atoms with Gasteiger partial charge in [-0.3, -0.25) is 9.59 Å². The topological polar surface area (TPSA) is 58.6 Å². The Labute approximate surface area is 194 Å². The van der Waals surface area contributed by atoms with Gasteiger partial charge < -0.3 is 15.0 Å². The summed E-state index contributed by atoms with van der Waals surface area (Å²) in [4.78, 5) is 28.3. The first-order chi connectivity index (χ1) is 15.6. The van der Waals surface area contributed by atoms with Gasteiger partial charge in [0.2, 0.25) is 11.8 Å². The molecule has 0 unspecified atom stereocenters. The van der Waals surface area contributed by atoms with E-state index in [2.05, 4.69) is 23.5 Å². The van der Waals surface area contributed by atoms with Gasteiger partial charge in [0.05, 0.1) is 17.9 Å². The van der Waals surface area contributed by atoms with Gasteiger partial charge in [-0.05, 0) is 43.0 Å². The molecule has 0 radical (unpaired) electrons. The maximum Gasteiger partial charge on any atom is 0.232 e. The smallest absolute Gasteiger partial charge is 0.232 e. The number of carbonyl (C=O) groups excluding carboxylic acids is 2. The molecule has 0 saturated carbocycles. The number of ether oxygens (including phenoxy) is 1. The van der Waals surface area contributed by atoms with Crippen LogP contribution in [0.2, 0.25) is 0 Å². The van der Waals surface area contributed by atoms with Gasteiger partial charge in [-0.1, -0.05) is 49.4 Å². The standard InChI is InChI=1S/C26H32N2O3S/c1-3-22(29)27-24-20-12-8-9-13-21(20)26(25(24)31-4-2)14-16-28(17-15-26)23(30)18-32-19-10-6-5-7-11-19/h5-13,24-25H,3-4,14-18H2,1-2H3,(H,27,29)/t24-,25+/m0/s1. The number of thioether (sulfide) groups is 1. The summed E-state index contributed by atoms with van der Waals surface area (Å²) in [5.41, 5.74) is 2.25. The van der Waals surface area contributed by atoms with Gasteiger partial charge in [0.25, 0.3) is 0 Å². The van der Waals surface area contributed by atoms with Gasteiger partial charge >= 0.3 is 0 Å². The second kappa shape index (κ2) is 10.1. The molecule has 1 fully saturated rings. The van der Waals surface area contributed by atoms with E-state index < -0.39 is 0 Å². The van der Waals surface area contributed by atoms with Crippen LogP contribution in [0, 0.1) is 0 Å². The van der Waals surface area contributed by atoms with Crippen LogP contribution in [0.15, 0.2) is 59.5 Å². The molecule has 6 heteroatoms. The molecule has 2 aliphatic rings. The molecule has 5 nitrogen and oxygen atoms in total. The van der Waals surface area contributed by atoms with Gasteiger partial charge in [0.1, 0.15) is 0 Å². The van der Waals surface area contributed by atoms with Crippen molar-refractivity contribution in [1.29, 1.82) is 0 Å². The number of nitrogens with one attached hydrogen (secondary N) is 1. The van der Waals surface area contributed by atoms with E-state index in [-0.39, 0.29) is 29.4 Å². The van der Waals surface area contributed by atoms with Crippen molar-refractivity contribution < 1.29 is 14.3 Å². The van der Waals surface area contributed by atoms with E-state index in [1.165, 1.54) is 5.56 Å². The van der Waals surface area contributed by atoms with Crippen molar-refractivity contribution in [3.05, 3.63) is 65.7 Å². The Balaban J connectivity index is 1.50. The number of piperidine rings is 1. The van der Waals surface area contributed by atoms with E-state index in [9.17, 15) is 9.59 Å². The first-order valence-electron chi connectivity index (χ1n) is 11.5. The average Bonchev–Trinajstić information content (AvgIpc) is 3.07. The summed E-state index contributed by atoms with van der Waals surface area (Å²) in [6, 6.07) is 18.3. The third-order valence-electron chi connectivity index (χ3n) is 6.78. The lowest BCUT2D eigenvalue weighted by Crippen LogP contribution is -2.52. The normalized spacial score (nSPS) is 21.4. The van der Waals surface area contributed by atoms with Crippen molar-refractivity contribution in [3.8, 4) is 0 Å². The number of likely N-dealkylation sites (tertiary alicyclic amines) is 1. The van der Waals surface area contributed by atoms with Crippen molar-refractivity contribution in [2.24, 2.45) is 0 Å². The van der Waals surface area contributed by atoms with Crippen LogP contribution in [0.4, 0.5) is 0 Å². The molecule has 1 heterocycles. The molecule has 2 aromatic carbocycles. The summed E-state index contributed by atoms with van der Waals surface area (Å²) >= 11 is 1.59. The quantitative estimate of drug-likeness (QED) is 0.636. The lowest BCUT2D eigenvalue weighted by atomic mass is 9.72. The molecule has 0 aromatic heterocycles. The van der Waals surface area contributed by atoms with Crippen molar-refractivity contribution in [2.45, 2.75) is 55.6 Å². The van der Waals surface area contributed by atoms with Gasteiger partial charge in [0, 0.05) is 36.4 Å². The lowest BCUT2D eigenvalue weighted by Gasteiger charge is -2.44. The van der Waals surface area contributed by atoms with Crippen LogP contribution in [0.1, 0.15) is 50.3 Å². The zero-order valence-corrected chi connectivity index (χ0v) is 19.7. The minimum Gasteiger partial charge on any atom is -0.375 e. The van der Waals surface area contributed by atoms with Crippen molar-refractivity contribution >= 4 is 23.6 Å². The third-order valence-corrected chi connectivity index (χ3v) is 7.77. The SMILES string of the molecule is CCO[C@@H]1[C@@H](NC(=O)CC)c2ccccc2C12CCN(C(=O)CSc1ccccc1)CC2. The van der Waals surface area contributed by atoms with Crippen LogP contribution in [-0.2, 0) is 19.7 Å². The molecule has 2 amide bonds. The Hall–Kier alpha value is -2.31.